The Balaban J connectivity index is 2.18. The topological polar surface area (TPSA) is 171 Å². The summed E-state index contributed by atoms with van der Waals surface area (Å²) in [5.74, 6) is -1.92. The highest BCUT2D eigenvalue weighted by Crippen LogP contribution is 2.19. The zero-order chi connectivity index (χ0) is 22.1. The predicted molar refractivity (Wildman–Crippen MR) is 111 cm³/mol. The molecule has 0 spiro atoms. The van der Waals surface area contributed by atoms with E-state index in [-0.39, 0.29) is 13.0 Å². The summed E-state index contributed by atoms with van der Waals surface area (Å²) in [7, 11) is 0. The summed E-state index contributed by atoms with van der Waals surface area (Å²) >= 11 is 1.52. The van der Waals surface area contributed by atoms with E-state index >= 15 is 0 Å². The van der Waals surface area contributed by atoms with E-state index in [1.807, 2.05) is 6.26 Å². The smallest absolute Gasteiger partial charge is 0.326 e. The van der Waals surface area contributed by atoms with Gasteiger partial charge in [0.15, 0.2) is 0 Å². The maximum atomic E-state index is 13.1. The van der Waals surface area contributed by atoms with Crippen molar-refractivity contribution in [2.45, 2.75) is 43.8 Å². The van der Waals surface area contributed by atoms with Crippen LogP contribution in [0.2, 0.25) is 0 Å². The molecular formula is C18H28N6O5S. The van der Waals surface area contributed by atoms with Crippen LogP contribution >= 0.6 is 11.8 Å². The molecule has 6 N–H and O–H groups in total. The highest BCUT2D eigenvalue weighted by molar-refractivity contribution is 7.98. The molecule has 3 atom stereocenters. The number of aromatic nitrogens is 2. The van der Waals surface area contributed by atoms with E-state index in [0.29, 0.717) is 37.3 Å². The largest absolute Gasteiger partial charge is 0.480 e. The maximum Gasteiger partial charge on any atom is 0.326 e. The van der Waals surface area contributed by atoms with Crippen molar-refractivity contribution in [2.24, 2.45) is 5.73 Å². The second kappa shape index (κ2) is 11.6. The lowest BCUT2D eigenvalue weighted by Crippen LogP contribution is -2.57. The van der Waals surface area contributed by atoms with Crippen molar-refractivity contribution in [3.05, 3.63) is 18.2 Å². The molecule has 0 radical (unpaired) electrons. The lowest BCUT2D eigenvalue weighted by atomic mass is 10.1. The van der Waals surface area contributed by atoms with E-state index in [0.717, 1.165) is 0 Å². The predicted octanol–water partition coefficient (Wildman–Crippen LogP) is -1.29. The number of nitrogens with two attached hydrogens (primary N) is 1. The zero-order valence-corrected chi connectivity index (χ0v) is 17.6. The van der Waals surface area contributed by atoms with Gasteiger partial charge in [-0.15, -0.1) is 0 Å². The van der Waals surface area contributed by atoms with Crippen LogP contribution in [-0.2, 0) is 25.6 Å². The molecule has 3 amide bonds. The number of carbonyl (C=O) groups excluding carboxylic acids is 3. The van der Waals surface area contributed by atoms with Gasteiger partial charge in [0, 0.05) is 24.9 Å². The molecule has 1 fully saturated rings. The Kier molecular flexibility index (Phi) is 9.12. The van der Waals surface area contributed by atoms with Crippen molar-refractivity contribution in [1.82, 2.24) is 25.5 Å². The number of hydrogen-bond donors (Lipinski definition) is 5. The molecule has 1 saturated heterocycles. The van der Waals surface area contributed by atoms with Crippen LogP contribution in [0.25, 0.3) is 0 Å². The third-order valence-electron chi connectivity index (χ3n) is 4.86. The van der Waals surface area contributed by atoms with Crippen LogP contribution in [-0.4, -0.2) is 86.9 Å². The normalized spacial score (nSPS) is 17.9. The number of aliphatic carboxylic acids is 1. The Bertz CT molecular complexity index is 743. The number of imidazole rings is 1. The number of aromatic amines is 1. The number of rotatable bonds is 11. The van der Waals surface area contributed by atoms with Crippen molar-refractivity contribution in [2.75, 3.05) is 25.1 Å². The van der Waals surface area contributed by atoms with E-state index in [9.17, 15) is 24.3 Å². The Morgan fingerprint density at radius 1 is 1.37 bits per heavy atom. The van der Waals surface area contributed by atoms with Crippen LogP contribution in [0, 0.1) is 0 Å². The Morgan fingerprint density at radius 3 is 2.73 bits per heavy atom. The quantitative estimate of drug-likeness (QED) is 0.283. The summed E-state index contributed by atoms with van der Waals surface area (Å²) in [6.07, 6.45) is 6.30. The molecule has 0 aliphatic carbocycles. The van der Waals surface area contributed by atoms with E-state index in [4.69, 9.17) is 5.73 Å². The molecule has 1 aromatic rings. The average Bonchev–Trinajstić information content (AvgIpc) is 3.41. The van der Waals surface area contributed by atoms with Gasteiger partial charge in [-0.2, -0.15) is 11.8 Å². The Morgan fingerprint density at radius 2 is 2.13 bits per heavy atom. The number of carboxylic acid groups (broad SMARTS) is 1. The molecule has 1 aliphatic rings. The second-order valence-corrected chi connectivity index (χ2v) is 7.96. The van der Waals surface area contributed by atoms with Crippen LogP contribution in [0.3, 0.4) is 0 Å². The number of amides is 3. The number of likely N-dealkylation sites (tertiary alicyclic amines) is 1. The summed E-state index contributed by atoms with van der Waals surface area (Å²) in [6, 6.07) is -2.76. The van der Waals surface area contributed by atoms with Gasteiger partial charge in [0.2, 0.25) is 17.7 Å². The minimum atomic E-state index is -1.07. The summed E-state index contributed by atoms with van der Waals surface area (Å²) in [5, 5.41) is 14.7. The average molecular weight is 441 g/mol. The van der Waals surface area contributed by atoms with Gasteiger partial charge >= 0.3 is 5.97 Å². The summed E-state index contributed by atoms with van der Waals surface area (Å²) in [4.78, 5) is 57.3. The first-order valence-corrected chi connectivity index (χ1v) is 11.1. The summed E-state index contributed by atoms with van der Waals surface area (Å²) < 4.78 is 0. The first-order chi connectivity index (χ1) is 14.4. The van der Waals surface area contributed by atoms with Crippen LogP contribution in [0.5, 0.6) is 0 Å². The summed E-state index contributed by atoms with van der Waals surface area (Å²) in [5.41, 5.74) is 5.96. The van der Waals surface area contributed by atoms with E-state index in [1.165, 1.54) is 29.2 Å². The second-order valence-electron chi connectivity index (χ2n) is 6.98. The van der Waals surface area contributed by atoms with Gasteiger partial charge in [-0.05, 0) is 31.3 Å². The van der Waals surface area contributed by atoms with Gasteiger partial charge < -0.3 is 31.4 Å². The van der Waals surface area contributed by atoms with Crippen molar-refractivity contribution in [3.63, 3.8) is 0 Å². The molecule has 12 heteroatoms. The molecule has 0 saturated carbocycles. The van der Waals surface area contributed by atoms with E-state index < -0.39 is 41.8 Å². The summed E-state index contributed by atoms with van der Waals surface area (Å²) in [6.45, 7) is 0.0541. The molecule has 1 aromatic heterocycles. The fraction of sp³-hybridized carbons (Fsp3) is 0.611. The first-order valence-electron chi connectivity index (χ1n) is 9.66. The van der Waals surface area contributed by atoms with Crippen molar-refractivity contribution in [3.8, 4) is 0 Å². The van der Waals surface area contributed by atoms with Crippen molar-refractivity contribution < 1.29 is 24.3 Å². The lowest BCUT2D eigenvalue weighted by molar-refractivity contribution is -0.149. The molecule has 30 heavy (non-hydrogen) atoms. The standard InChI is InChI=1S/C18H28N6O5S/c1-30-6-4-12(22-15(25)8-19)16(26)23-13(7-11-9-20-10-21-11)17(27)24-5-2-3-14(24)18(28)29/h9-10,12-14H,2-8,19H2,1H3,(H,20,21)(H,22,25)(H,23,26)(H,28,29). The van der Waals surface area contributed by atoms with Gasteiger partial charge in [0.25, 0.3) is 0 Å². The number of thioether (sulfide) groups is 1. The third kappa shape index (κ3) is 6.46. The number of carbonyl (C=O) groups is 4. The minimum absolute atomic E-state index is 0.119. The maximum absolute atomic E-state index is 13.1. The monoisotopic (exact) mass is 440 g/mol. The van der Waals surface area contributed by atoms with Crippen molar-refractivity contribution >= 4 is 35.5 Å². The molecule has 1 aliphatic heterocycles. The number of nitrogens with one attached hydrogen (secondary N) is 3. The fourth-order valence-electron chi connectivity index (χ4n) is 3.33. The molecule has 0 bridgehead atoms. The first kappa shape index (κ1) is 23.7. The number of H-pyrrole nitrogens is 1. The lowest BCUT2D eigenvalue weighted by Gasteiger charge is -2.28. The SMILES string of the molecule is CSCCC(NC(=O)CN)C(=O)NC(Cc1cnc[nH]1)C(=O)N1CCCC1C(=O)O. The third-order valence-corrected chi connectivity index (χ3v) is 5.51. The Labute approximate surface area is 178 Å². The highest BCUT2D eigenvalue weighted by Gasteiger charge is 2.38. The molecule has 2 heterocycles. The molecule has 3 unspecified atom stereocenters. The van der Waals surface area contributed by atoms with Crippen LogP contribution in [0.4, 0.5) is 0 Å². The molecule has 2 rings (SSSR count). The van der Waals surface area contributed by atoms with Gasteiger partial charge in [-0.1, -0.05) is 0 Å². The van der Waals surface area contributed by atoms with E-state index in [2.05, 4.69) is 20.6 Å². The van der Waals surface area contributed by atoms with Gasteiger partial charge in [-0.3, -0.25) is 14.4 Å². The highest BCUT2D eigenvalue weighted by atomic mass is 32.2. The Hall–Kier alpha value is -2.60. The number of nitrogens with zero attached hydrogens (tertiary/aromatic N) is 2. The molecule has 0 aromatic carbocycles. The van der Waals surface area contributed by atoms with Gasteiger partial charge in [0.05, 0.1) is 12.9 Å². The number of hydrogen-bond acceptors (Lipinski definition) is 7. The fourth-order valence-corrected chi connectivity index (χ4v) is 3.81. The van der Waals surface area contributed by atoms with Crippen LogP contribution in [0.15, 0.2) is 12.5 Å². The van der Waals surface area contributed by atoms with Gasteiger partial charge in [0.1, 0.15) is 18.1 Å². The van der Waals surface area contributed by atoms with Crippen LogP contribution < -0.4 is 16.4 Å². The van der Waals surface area contributed by atoms with Crippen LogP contribution in [0.1, 0.15) is 25.0 Å². The minimum Gasteiger partial charge on any atom is -0.480 e. The van der Waals surface area contributed by atoms with Gasteiger partial charge in [-0.25, -0.2) is 9.78 Å². The molecular weight excluding hydrogens is 412 g/mol. The molecule has 11 nitrogen and oxygen atoms in total. The molecule has 166 valence electrons. The van der Waals surface area contributed by atoms with E-state index in [1.54, 1.807) is 0 Å². The van der Waals surface area contributed by atoms with Crippen molar-refractivity contribution in [1.29, 1.82) is 0 Å². The number of carboxylic acids is 1. The zero-order valence-electron chi connectivity index (χ0n) is 16.8.